The number of esters is 1. The van der Waals surface area contributed by atoms with Crippen LogP contribution < -0.4 is 10.6 Å². The summed E-state index contributed by atoms with van der Waals surface area (Å²) >= 11 is 1.41. The lowest BCUT2D eigenvalue weighted by atomic mass is 10.0. The molecule has 0 saturated carbocycles. The number of fused-ring (bicyclic) bond motifs is 1. The van der Waals surface area contributed by atoms with Crippen LogP contribution in [0.25, 0.3) is 16.7 Å². The fourth-order valence-corrected chi connectivity index (χ4v) is 4.34. The number of hydrogen-bond acceptors (Lipinski definition) is 7. The number of carbonyl (C=O) groups excluding carboxylic acids is 2. The average molecular weight is 439 g/mol. The maximum absolute atomic E-state index is 12.5. The molecule has 0 fully saturated rings. The highest BCUT2D eigenvalue weighted by molar-refractivity contribution is 7.99. The predicted octanol–water partition coefficient (Wildman–Crippen LogP) is 2.82. The van der Waals surface area contributed by atoms with E-state index in [1.54, 1.807) is 17.8 Å². The molecule has 3 heterocycles. The largest absolute Gasteiger partial charge is 0.463 e. The molecular weight excluding hydrogens is 416 g/mol. The molecule has 2 amide bonds. The van der Waals surface area contributed by atoms with Crippen molar-refractivity contribution in [3.63, 3.8) is 0 Å². The summed E-state index contributed by atoms with van der Waals surface area (Å²) in [6, 6.07) is 8.99. The van der Waals surface area contributed by atoms with Crippen LogP contribution >= 0.6 is 11.8 Å². The van der Waals surface area contributed by atoms with E-state index in [1.807, 2.05) is 37.3 Å². The van der Waals surface area contributed by atoms with E-state index in [0.29, 0.717) is 34.1 Å². The standard InChI is InChI=1S/C21H22N6O3S/c1-3-15-17(20(28)30-4-2)16(26-21(29)25-15)11-31-19-14-10-24-27(18(14)22-12-23-19)13-8-6-5-7-9-13/h5-10,12,15H,3-4,11H2,1-2H3,(H2,25,26,29)/t15-/m0/s1. The first kappa shape index (κ1) is 20.9. The molecule has 10 heteroatoms. The lowest BCUT2D eigenvalue weighted by molar-refractivity contribution is -0.139. The van der Waals surface area contributed by atoms with E-state index in [-0.39, 0.29) is 12.6 Å². The number of hydrogen-bond donors (Lipinski definition) is 2. The predicted molar refractivity (Wildman–Crippen MR) is 117 cm³/mol. The van der Waals surface area contributed by atoms with Gasteiger partial charge in [-0.15, -0.1) is 0 Å². The van der Waals surface area contributed by atoms with Crippen LogP contribution in [0.5, 0.6) is 0 Å². The minimum absolute atomic E-state index is 0.262. The maximum Gasteiger partial charge on any atom is 0.337 e. The third kappa shape index (κ3) is 4.24. The van der Waals surface area contributed by atoms with Crippen molar-refractivity contribution < 1.29 is 14.3 Å². The summed E-state index contributed by atoms with van der Waals surface area (Å²) in [4.78, 5) is 33.4. The van der Waals surface area contributed by atoms with Gasteiger partial charge >= 0.3 is 12.0 Å². The summed E-state index contributed by atoms with van der Waals surface area (Å²) in [5.74, 6) is -0.0806. The molecule has 1 aliphatic heterocycles. The maximum atomic E-state index is 12.5. The zero-order valence-corrected chi connectivity index (χ0v) is 18.0. The molecule has 0 aliphatic carbocycles. The summed E-state index contributed by atoms with van der Waals surface area (Å²) < 4.78 is 6.97. The van der Waals surface area contributed by atoms with Crippen molar-refractivity contribution >= 4 is 34.8 Å². The highest BCUT2D eigenvalue weighted by Crippen LogP contribution is 2.29. The minimum Gasteiger partial charge on any atom is -0.463 e. The van der Waals surface area contributed by atoms with Gasteiger partial charge < -0.3 is 15.4 Å². The highest BCUT2D eigenvalue weighted by Gasteiger charge is 2.31. The lowest BCUT2D eigenvalue weighted by Crippen LogP contribution is -2.50. The Bertz CT molecular complexity index is 1140. The second kappa shape index (κ2) is 9.17. The summed E-state index contributed by atoms with van der Waals surface area (Å²) in [5, 5.41) is 11.5. The van der Waals surface area contributed by atoms with Crippen LogP contribution in [0.4, 0.5) is 4.79 Å². The van der Waals surface area contributed by atoms with Gasteiger partial charge in [-0.25, -0.2) is 24.2 Å². The topological polar surface area (TPSA) is 111 Å². The number of urea groups is 1. The molecule has 2 aromatic heterocycles. The third-order valence-electron chi connectivity index (χ3n) is 4.83. The Hall–Kier alpha value is -3.40. The molecule has 2 N–H and O–H groups in total. The number of carbonyl (C=O) groups is 2. The number of para-hydroxylation sites is 1. The van der Waals surface area contributed by atoms with Crippen molar-refractivity contribution in [1.82, 2.24) is 30.4 Å². The molecule has 4 rings (SSSR count). The van der Waals surface area contributed by atoms with Gasteiger partial charge in [0.05, 0.1) is 35.5 Å². The Balaban J connectivity index is 1.65. The molecule has 1 atom stereocenters. The summed E-state index contributed by atoms with van der Waals surface area (Å²) in [5.41, 5.74) is 2.56. The summed E-state index contributed by atoms with van der Waals surface area (Å²) in [6.07, 6.45) is 3.79. The molecule has 0 saturated heterocycles. The summed E-state index contributed by atoms with van der Waals surface area (Å²) in [6.45, 7) is 3.93. The van der Waals surface area contributed by atoms with E-state index in [0.717, 1.165) is 11.1 Å². The lowest BCUT2D eigenvalue weighted by Gasteiger charge is -2.28. The molecule has 1 aromatic carbocycles. The zero-order chi connectivity index (χ0) is 21.8. The van der Waals surface area contributed by atoms with Crippen molar-refractivity contribution in [2.24, 2.45) is 0 Å². The van der Waals surface area contributed by atoms with E-state index in [9.17, 15) is 9.59 Å². The quantitative estimate of drug-likeness (QED) is 0.331. The van der Waals surface area contributed by atoms with Gasteiger partial charge in [0.1, 0.15) is 11.4 Å². The molecule has 31 heavy (non-hydrogen) atoms. The molecule has 9 nitrogen and oxygen atoms in total. The zero-order valence-electron chi connectivity index (χ0n) is 17.2. The Kier molecular flexibility index (Phi) is 6.17. The van der Waals surface area contributed by atoms with Gasteiger partial charge in [-0.2, -0.15) is 5.10 Å². The molecule has 160 valence electrons. The van der Waals surface area contributed by atoms with Gasteiger partial charge in [0, 0.05) is 11.4 Å². The number of nitrogens with one attached hydrogen (secondary N) is 2. The van der Waals surface area contributed by atoms with Gasteiger partial charge in [0.25, 0.3) is 0 Å². The summed E-state index contributed by atoms with van der Waals surface area (Å²) in [7, 11) is 0. The highest BCUT2D eigenvalue weighted by atomic mass is 32.2. The molecular formula is C21H22N6O3S. The molecule has 0 unspecified atom stereocenters. The normalized spacial score (nSPS) is 16.2. The fraction of sp³-hybridized carbons (Fsp3) is 0.286. The SMILES string of the molecule is CCOC(=O)C1=C(CSc2ncnc3c2cnn3-c2ccccc2)NC(=O)N[C@H]1CC. The van der Waals surface area contributed by atoms with E-state index < -0.39 is 12.0 Å². The van der Waals surface area contributed by atoms with Crippen LogP contribution in [0.1, 0.15) is 20.3 Å². The van der Waals surface area contributed by atoms with E-state index >= 15 is 0 Å². The molecule has 0 bridgehead atoms. The van der Waals surface area contributed by atoms with Gasteiger partial charge in [-0.3, -0.25) is 0 Å². The second-order valence-corrected chi connectivity index (χ2v) is 7.73. The first-order chi connectivity index (χ1) is 15.1. The number of nitrogens with zero attached hydrogens (tertiary/aromatic N) is 4. The van der Waals surface area contributed by atoms with Crippen LogP contribution in [-0.4, -0.2) is 50.2 Å². The van der Waals surface area contributed by atoms with Crippen LogP contribution in [0.2, 0.25) is 0 Å². The van der Waals surface area contributed by atoms with E-state index in [1.165, 1.54) is 18.1 Å². The monoisotopic (exact) mass is 438 g/mol. The van der Waals surface area contributed by atoms with Gasteiger partial charge in [0.15, 0.2) is 5.65 Å². The Morgan fingerprint density at radius 2 is 2.03 bits per heavy atom. The van der Waals surface area contributed by atoms with Crippen molar-refractivity contribution in [3.8, 4) is 5.69 Å². The number of aromatic nitrogens is 4. The van der Waals surface area contributed by atoms with Gasteiger partial charge in [0.2, 0.25) is 0 Å². The Labute approximate surface area is 183 Å². The van der Waals surface area contributed by atoms with Crippen molar-refractivity contribution in [2.45, 2.75) is 31.3 Å². The number of ether oxygens (including phenoxy) is 1. The number of rotatable bonds is 7. The van der Waals surface area contributed by atoms with Crippen LogP contribution in [0, 0.1) is 0 Å². The minimum atomic E-state index is -0.429. The van der Waals surface area contributed by atoms with Crippen LogP contribution in [0.15, 0.2) is 59.2 Å². The van der Waals surface area contributed by atoms with Crippen molar-refractivity contribution in [3.05, 3.63) is 54.1 Å². The Morgan fingerprint density at radius 1 is 1.23 bits per heavy atom. The third-order valence-corrected chi connectivity index (χ3v) is 5.86. The second-order valence-electron chi connectivity index (χ2n) is 6.77. The number of benzene rings is 1. The number of thioether (sulfide) groups is 1. The van der Waals surface area contributed by atoms with Crippen LogP contribution in [0.3, 0.4) is 0 Å². The number of amides is 2. The Morgan fingerprint density at radius 3 is 2.77 bits per heavy atom. The van der Waals surface area contributed by atoms with Crippen molar-refractivity contribution in [2.75, 3.05) is 12.4 Å². The van der Waals surface area contributed by atoms with Crippen molar-refractivity contribution in [1.29, 1.82) is 0 Å². The first-order valence-corrected chi connectivity index (χ1v) is 11.0. The van der Waals surface area contributed by atoms with E-state index in [2.05, 4.69) is 25.7 Å². The average Bonchev–Trinajstić information content (AvgIpc) is 3.22. The van der Waals surface area contributed by atoms with Crippen LogP contribution in [-0.2, 0) is 9.53 Å². The molecule has 0 radical (unpaired) electrons. The smallest absolute Gasteiger partial charge is 0.337 e. The molecule has 3 aromatic rings. The molecule has 0 spiro atoms. The van der Waals surface area contributed by atoms with Gasteiger partial charge in [-0.1, -0.05) is 36.9 Å². The fourth-order valence-electron chi connectivity index (χ4n) is 3.41. The van der Waals surface area contributed by atoms with Gasteiger partial charge in [-0.05, 0) is 25.5 Å². The molecule has 1 aliphatic rings. The van der Waals surface area contributed by atoms with E-state index in [4.69, 9.17) is 4.74 Å². The first-order valence-electron chi connectivity index (χ1n) is 9.97.